The van der Waals surface area contributed by atoms with Crippen LogP contribution in [0.25, 0.3) is 0 Å². The highest BCUT2D eigenvalue weighted by Crippen LogP contribution is 2.39. The van der Waals surface area contributed by atoms with Crippen LogP contribution in [-0.4, -0.2) is 22.5 Å². The summed E-state index contributed by atoms with van der Waals surface area (Å²) >= 11 is 1.46. The van der Waals surface area contributed by atoms with Crippen LogP contribution in [0.15, 0.2) is 0 Å². The number of nitrogens with one attached hydrogen (secondary N) is 1. The molecule has 5 heteroatoms. The Kier molecular flexibility index (Phi) is 5.78. The van der Waals surface area contributed by atoms with E-state index >= 15 is 0 Å². The van der Waals surface area contributed by atoms with E-state index in [0.29, 0.717) is 5.92 Å². The van der Waals surface area contributed by atoms with Crippen LogP contribution in [0, 0.1) is 5.92 Å². The van der Waals surface area contributed by atoms with Gasteiger partial charge in [0.05, 0.1) is 0 Å². The van der Waals surface area contributed by atoms with Crippen molar-refractivity contribution in [2.75, 3.05) is 18.5 Å². The minimum Gasteiger partial charge on any atom is -0.367 e. The summed E-state index contributed by atoms with van der Waals surface area (Å²) in [7, 11) is 0. The predicted molar refractivity (Wildman–Crippen MR) is 84.2 cm³/mol. The van der Waals surface area contributed by atoms with E-state index in [1.165, 1.54) is 37.2 Å². The number of nitrogens with zero attached hydrogens (tertiary/aromatic N) is 2. The van der Waals surface area contributed by atoms with Gasteiger partial charge in [-0.25, -0.2) is 4.98 Å². The van der Waals surface area contributed by atoms with E-state index in [9.17, 15) is 0 Å². The molecule has 1 N–H and O–H groups in total. The number of ether oxygens (including phenoxy) is 1. The molecule has 20 heavy (non-hydrogen) atoms. The first-order chi connectivity index (χ1) is 9.66. The monoisotopic (exact) mass is 297 g/mol. The standard InChI is InChI=1S/C15H27N3OS/c1-4-19-15(9-7-5-6-8-10-15)13-17-14(20-18-13)16-11-12(2)3/h12H,4-11H2,1-3H3,(H,16,17,18). The van der Waals surface area contributed by atoms with E-state index in [2.05, 4.69) is 30.5 Å². The predicted octanol–water partition coefficient (Wildman–Crippen LogP) is 4.19. The molecule has 0 atom stereocenters. The Labute approximate surface area is 126 Å². The van der Waals surface area contributed by atoms with Crippen LogP contribution in [0.3, 0.4) is 0 Å². The summed E-state index contributed by atoms with van der Waals surface area (Å²) < 4.78 is 10.7. The van der Waals surface area contributed by atoms with E-state index in [-0.39, 0.29) is 5.60 Å². The summed E-state index contributed by atoms with van der Waals surface area (Å²) in [5.41, 5.74) is -0.237. The summed E-state index contributed by atoms with van der Waals surface area (Å²) in [5.74, 6) is 1.51. The van der Waals surface area contributed by atoms with E-state index in [0.717, 1.165) is 36.9 Å². The maximum Gasteiger partial charge on any atom is 0.202 e. The van der Waals surface area contributed by atoms with Crippen molar-refractivity contribution in [2.45, 2.75) is 64.9 Å². The largest absolute Gasteiger partial charge is 0.367 e. The summed E-state index contributed by atoms with van der Waals surface area (Å²) in [6, 6.07) is 0. The van der Waals surface area contributed by atoms with Gasteiger partial charge in [-0.05, 0) is 25.7 Å². The van der Waals surface area contributed by atoms with Crippen molar-refractivity contribution >= 4 is 16.7 Å². The summed E-state index contributed by atoms with van der Waals surface area (Å²) in [5, 5.41) is 4.30. The average Bonchev–Trinajstić information content (AvgIpc) is 2.78. The lowest BCUT2D eigenvalue weighted by Gasteiger charge is -2.29. The van der Waals surface area contributed by atoms with Crippen LogP contribution in [0.2, 0.25) is 0 Å². The van der Waals surface area contributed by atoms with Gasteiger partial charge in [-0.2, -0.15) is 4.37 Å². The molecule has 0 aromatic carbocycles. The Balaban J connectivity index is 2.12. The zero-order chi connectivity index (χ0) is 14.4. The summed E-state index contributed by atoms with van der Waals surface area (Å²) in [6.07, 6.45) is 7.15. The van der Waals surface area contributed by atoms with Gasteiger partial charge >= 0.3 is 0 Å². The molecule has 1 saturated carbocycles. The molecular formula is C15H27N3OS. The second kappa shape index (κ2) is 7.36. The molecule has 1 aromatic rings. The molecule has 1 heterocycles. The number of hydrogen-bond donors (Lipinski definition) is 1. The zero-order valence-corrected chi connectivity index (χ0v) is 13.8. The molecule has 1 aliphatic rings. The van der Waals surface area contributed by atoms with Gasteiger partial charge in [0.1, 0.15) is 5.60 Å². The third-order valence-electron chi connectivity index (χ3n) is 3.83. The van der Waals surface area contributed by atoms with Crippen molar-refractivity contribution in [2.24, 2.45) is 5.92 Å². The van der Waals surface area contributed by atoms with Gasteiger partial charge in [0, 0.05) is 24.7 Å². The van der Waals surface area contributed by atoms with Crippen LogP contribution >= 0.6 is 11.5 Å². The molecule has 0 amide bonds. The van der Waals surface area contributed by atoms with E-state index in [1.807, 2.05) is 0 Å². The molecule has 0 bridgehead atoms. The molecular weight excluding hydrogens is 270 g/mol. The van der Waals surface area contributed by atoms with Crippen molar-refractivity contribution in [1.82, 2.24) is 9.36 Å². The second-order valence-electron chi connectivity index (χ2n) is 6.04. The fourth-order valence-electron chi connectivity index (χ4n) is 2.78. The molecule has 114 valence electrons. The third kappa shape index (κ3) is 3.92. The lowest BCUT2D eigenvalue weighted by atomic mass is 9.93. The first-order valence-electron chi connectivity index (χ1n) is 7.88. The van der Waals surface area contributed by atoms with Crippen molar-refractivity contribution in [3.8, 4) is 0 Å². The topological polar surface area (TPSA) is 47.0 Å². The molecule has 1 fully saturated rings. The highest BCUT2D eigenvalue weighted by molar-refractivity contribution is 7.09. The van der Waals surface area contributed by atoms with Crippen LogP contribution in [0.5, 0.6) is 0 Å². The molecule has 1 aliphatic carbocycles. The second-order valence-corrected chi connectivity index (χ2v) is 6.79. The minimum atomic E-state index is -0.237. The van der Waals surface area contributed by atoms with Crippen LogP contribution in [-0.2, 0) is 10.3 Å². The van der Waals surface area contributed by atoms with Crippen molar-refractivity contribution in [1.29, 1.82) is 0 Å². The number of anilines is 1. The van der Waals surface area contributed by atoms with Gasteiger partial charge in [0.25, 0.3) is 0 Å². The number of aromatic nitrogens is 2. The molecule has 0 aliphatic heterocycles. The van der Waals surface area contributed by atoms with Crippen LogP contribution in [0.1, 0.15) is 65.1 Å². The highest BCUT2D eigenvalue weighted by Gasteiger charge is 2.37. The van der Waals surface area contributed by atoms with Crippen molar-refractivity contribution < 1.29 is 4.74 Å². The fourth-order valence-corrected chi connectivity index (χ4v) is 3.44. The molecule has 4 nitrogen and oxygen atoms in total. The Morgan fingerprint density at radius 1 is 1.25 bits per heavy atom. The molecule has 0 spiro atoms. The quantitative estimate of drug-likeness (QED) is 0.800. The van der Waals surface area contributed by atoms with Gasteiger partial charge in [-0.3, -0.25) is 0 Å². The SMILES string of the molecule is CCOC1(c2nsc(NCC(C)C)n2)CCCCCC1. The average molecular weight is 297 g/mol. The highest BCUT2D eigenvalue weighted by atomic mass is 32.1. The molecule has 0 saturated heterocycles. The molecule has 2 rings (SSSR count). The summed E-state index contributed by atoms with van der Waals surface area (Å²) in [6.45, 7) is 8.13. The Morgan fingerprint density at radius 2 is 1.95 bits per heavy atom. The van der Waals surface area contributed by atoms with E-state index in [4.69, 9.17) is 9.72 Å². The Morgan fingerprint density at radius 3 is 2.55 bits per heavy atom. The molecule has 0 radical (unpaired) electrons. The lowest BCUT2D eigenvalue weighted by molar-refractivity contribution is -0.0615. The minimum absolute atomic E-state index is 0.237. The lowest BCUT2D eigenvalue weighted by Crippen LogP contribution is -2.30. The maximum atomic E-state index is 6.13. The Bertz CT molecular complexity index is 398. The van der Waals surface area contributed by atoms with E-state index in [1.54, 1.807) is 0 Å². The normalized spacial score (nSPS) is 19.0. The van der Waals surface area contributed by atoms with Gasteiger partial charge in [-0.15, -0.1) is 0 Å². The smallest absolute Gasteiger partial charge is 0.202 e. The fraction of sp³-hybridized carbons (Fsp3) is 0.867. The van der Waals surface area contributed by atoms with E-state index < -0.39 is 0 Å². The van der Waals surface area contributed by atoms with Gasteiger partial charge in [0.15, 0.2) is 5.82 Å². The molecule has 1 aromatic heterocycles. The first kappa shape index (κ1) is 15.7. The summed E-state index contributed by atoms with van der Waals surface area (Å²) in [4.78, 5) is 4.71. The molecule has 0 unspecified atom stereocenters. The zero-order valence-electron chi connectivity index (χ0n) is 12.9. The van der Waals surface area contributed by atoms with Gasteiger partial charge in [0.2, 0.25) is 5.13 Å². The first-order valence-corrected chi connectivity index (χ1v) is 8.65. The third-order valence-corrected chi connectivity index (χ3v) is 4.50. The van der Waals surface area contributed by atoms with Crippen molar-refractivity contribution in [3.63, 3.8) is 0 Å². The van der Waals surface area contributed by atoms with Crippen molar-refractivity contribution in [3.05, 3.63) is 5.82 Å². The van der Waals surface area contributed by atoms with Crippen LogP contribution < -0.4 is 5.32 Å². The number of rotatable bonds is 6. The van der Waals surface area contributed by atoms with Gasteiger partial charge in [-0.1, -0.05) is 39.5 Å². The Hall–Kier alpha value is -0.680. The number of hydrogen-bond acceptors (Lipinski definition) is 5. The maximum absolute atomic E-state index is 6.13. The van der Waals surface area contributed by atoms with Crippen LogP contribution in [0.4, 0.5) is 5.13 Å². The van der Waals surface area contributed by atoms with Gasteiger partial charge < -0.3 is 10.1 Å².